The largest absolute Gasteiger partial charge is 0.494 e. The zero-order chi connectivity index (χ0) is 11.8. The van der Waals surface area contributed by atoms with Crippen LogP contribution in [0.3, 0.4) is 0 Å². The van der Waals surface area contributed by atoms with Crippen LogP contribution in [-0.2, 0) is 0 Å². The van der Waals surface area contributed by atoms with Crippen LogP contribution in [0.4, 0.5) is 0 Å². The average molecular weight is 220 g/mol. The maximum absolute atomic E-state index is 5.51. The van der Waals surface area contributed by atoms with E-state index < -0.39 is 0 Å². The highest BCUT2D eigenvalue weighted by molar-refractivity contribution is 5.29. The number of benzene rings is 1. The Balaban J connectivity index is 2.65. The van der Waals surface area contributed by atoms with Gasteiger partial charge >= 0.3 is 0 Å². The minimum Gasteiger partial charge on any atom is -0.494 e. The van der Waals surface area contributed by atoms with Crippen LogP contribution in [0.1, 0.15) is 31.4 Å². The highest BCUT2D eigenvalue weighted by Gasteiger charge is 2.06. The molecule has 1 aromatic rings. The molecule has 3 N–H and O–H groups in total. The number of hydrogen-bond acceptors (Lipinski definition) is 3. The van der Waals surface area contributed by atoms with Crippen molar-refractivity contribution in [1.82, 2.24) is 5.43 Å². The molecule has 0 heterocycles. The molecule has 0 fully saturated rings. The highest BCUT2D eigenvalue weighted by Crippen LogP contribution is 2.20. The van der Waals surface area contributed by atoms with Crippen molar-refractivity contribution in [2.24, 2.45) is 5.84 Å². The Labute approximate surface area is 97.3 Å². The lowest BCUT2D eigenvalue weighted by atomic mass is 10.0. The number of ether oxygens (including phenoxy) is 1. The molecule has 3 nitrogen and oxygen atoms in total. The van der Waals surface area contributed by atoms with E-state index in [1.807, 2.05) is 30.3 Å². The Hall–Kier alpha value is -1.32. The van der Waals surface area contributed by atoms with Gasteiger partial charge in [0.25, 0.3) is 0 Å². The molecule has 1 unspecified atom stereocenters. The topological polar surface area (TPSA) is 47.3 Å². The molecule has 16 heavy (non-hydrogen) atoms. The fraction of sp³-hybridized carbons (Fsp3) is 0.385. The molecule has 0 amide bonds. The van der Waals surface area contributed by atoms with Gasteiger partial charge in [0.15, 0.2) is 0 Å². The Morgan fingerprint density at radius 2 is 2.12 bits per heavy atom. The number of nitrogens with one attached hydrogen (secondary N) is 1. The molecule has 0 saturated heterocycles. The summed E-state index contributed by atoms with van der Waals surface area (Å²) in [6.07, 6.45) is 3.68. The van der Waals surface area contributed by atoms with Crippen molar-refractivity contribution in [3.05, 3.63) is 42.5 Å². The van der Waals surface area contributed by atoms with E-state index in [4.69, 9.17) is 10.6 Å². The third-order valence-corrected chi connectivity index (χ3v) is 2.36. The summed E-state index contributed by atoms with van der Waals surface area (Å²) in [5, 5.41) is 0. The summed E-state index contributed by atoms with van der Waals surface area (Å²) in [6.45, 7) is 6.56. The maximum atomic E-state index is 5.51. The molecule has 0 aromatic heterocycles. The van der Waals surface area contributed by atoms with Crippen LogP contribution in [0.5, 0.6) is 5.75 Å². The molecule has 0 bridgehead atoms. The Morgan fingerprint density at radius 3 is 2.62 bits per heavy atom. The lowest BCUT2D eigenvalue weighted by Gasteiger charge is -2.14. The molecule has 1 aromatic carbocycles. The first-order valence-electron chi connectivity index (χ1n) is 5.61. The SMILES string of the molecule is C=CCC(NN)c1ccc(OCCC)cc1. The summed E-state index contributed by atoms with van der Waals surface area (Å²) >= 11 is 0. The zero-order valence-electron chi connectivity index (χ0n) is 9.78. The first kappa shape index (κ1) is 12.7. The summed E-state index contributed by atoms with van der Waals surface area (Å²) < 4.78 is 5.51. The second-order valence-electron chi connectivity index (χ2n) is 3.66. The van der Waals surface area contributed by atoms with Gasteiger partial charge < -0.3 is 4.74 Å². The van der Waals surface area contributed by atoms with Crippen molar-refractivity contribution in [3.8, 4) is 5.75 Å². The first-order chi connectivity index (χ1) is 7.81. The lowest BCUT2D eigenvalue weighted by Crippen LogP contribution is -2.27. The van der Waals surface area contributed by atoms with Crippen molar-refractivity contribution in [3.63, 3.8) is 0 Å². The number of rotatable bonds is 7. The van der Waals surface area contributed by atoms with Gasteiger partial charge in [-0.3, -0.25) is 11.3 Å². The van der Waals surface area contributed by atoms with Gasteiger partial charge in [-0.2, -0.15) is 0 Å². The molecule has 0 aliphatic heterocycles. The smallest absolute Gasteiger partial charge is 0.119 e. The van der Waals surface area contributed by atoms with Crippen LogP contribution in [0.2, 0.25) is 0 Å². The normalized spacial score (nSPS) is 12.1. The Bertz CT molecular complexity index is 308. The quantitative estimate of drug-likeness (QED) is 0.422. The fourth-order valence-corrected chi connectivity index (χ4v) is 1.48. The van der Waals surface area contributed by atoms with Crippen molar-refractivity contribution >= 4 is 0 Å². The number of hydrogen-bond donors (Lipinski definition) is 2. The van der Waals surface area contributed by atoms with Gasteiger partial charge in [0.05, 0.1) is 6.61 Å². The summed E-state index contributed by atoms with van der Waals surface area (Å²) in [4.78, 5) is 0. The standard InChI is InChI=1S/C13H20N2O/c1-3-5-13(15-14)11-6-8-12(9-7-11)16-10-4-2/h3,6-9,13,15H,1,4-5,10,14H2,2H3. The Morgan fingerprint density at radius 1 is 1.44 bits per heavy atom. The summed E-state index contributed by atoms with van der Waals surface area (Å²) in [7, 11) is 0. The van der Waals surface area contributed by atoms with Crippen molar-refractivity contribution in [2.75, 3.05) is 6.61 Å². The van der Waals surface area contributed by atoms with Gasteiger partial charge in [0.2, 0.25) is 0 Å². The van der Waals surface area contributed by atoms with Gasteiger partial charge in [-0.05, 0) is 30.5 Å². The van der Waals surface area contributed by atoms with E-state index >= 15 is 0 Å². The molecule has 88 valence electrons. The zero-order valence-corrected chi connectivity index (χ0v) is 9.78. The molecule has 0 aliphatic carbocycles. The molecule has 1 rings (SSSR count). The molecule has 0 spiro atoms. The second kappa shape index (κ2) is 7.04. The second-order valence-corrected chi connectivity index (χ2v) is 3.66. The van der Waals surface area contributed by atoms with Gasteiger partial charge in [0.1, 0.15) is 5.75 Å². The molecule has 0 radical (unpaired) electrons. The molecule has 1 atom stereocenters. The summed E-state index contributed by atoms with van der Waals surface area (Å²) in [5.41, 5.74) is 3.91. The van der Waals surface area contributed by atoms with Crippen LogP contribution < -0.4 is 16.0 Å². The first-order valence-corrected chi connectivity index (χ1v) is 5.61. The minimum absolute atomic E-state index is 0.123. The maximum Gasteiger partial charge on any atom is 0.119 e. The van der Waals surface area contributed by atoms with E-state index in [0.717, 1.165) is 30.8 Å². The van der Waals surface area contributed by atoms with Crippen LogP contribution in [-0.4, -0.2) is 6.61 Å². The van der Waals surface area contributed by atoms with E-state index in [9.17, 15) is 0 Å². The third kappa shape index (κ3) is 3.68. The van der Waals surface area contributed by atoms with Gasteiger partial charge in [-0.25, -0.2) is 0 Å². The van der Waals surface area contributed by atoms with E-state index in [2.05, 4.69) is 18.9 Å². The molecule has 3 heteroatoms. The average Bonchev–Trinajstić information content (AvgIpc) is 2.34. The van der Waals surface area contributed by atoms with Gasteiger partial charge in [0, 0.05) is 6.04 Å². The predicted molar refractivity (Wildman–Crippen MR) is 67.1 cm³/mol. The van der Waals surface area contributed by atoms with Crippen LogP contribution >= 0.6 is 0 Å². The summed E-state index contributed by atoms with van der Waals surface area (Å²) in [5.74, 6) is 6.38. The molecular weight excluding hydrogens is 200 g/mol. The predicted octanol–water partition coefficient (Wildman–Crippen LogP) is 2.56. The molecular formula is C13H20N2O. The van der Waals surface area contributed by atoms with E-state index in [0.29, 0.717) is 0 Å². The Kier molecular flexibility index (Phi) is 5.61. The molecule has 0 aliphatic rings. The minimum atomic E-state index is 0.123. The highest BCUT2D eigenvalue weighted by atomic mass is 16.5. The number of nitrogens with two attached hydrogens (primary N) is 1. The molecule has 0 saturated carbocycles. The van der Waals surface area contributed by atoms with E-state index in [1.54, 1.807) is 0 Å². The third-order valence-electron chi connectivity index (χ3n) is 2.36. The fourth-order valence-electron chi connectivity index (χ4n) is 1.48. The van der Waals surface area contributed by atoms with Crippen LogP contribution in [0.25, 0.3) is 0 Å². The van der Waals surface area contributed by atoms with Crippen LogP contribution in [0, 0.1) is 0 Å². The van der Waals surface area contributed by atoms with Crippen LogP contribution in [0.15, 0.2) is 36.9 Å². The monoisotopic (exact) mass is 220 g/mol. The van der Waals surface area contributed by atoms with Gasteiger partial charge in [-0.1, -0.05) is 25.1 Å². The lowest BCUT2D eigenvalue weighted by molar-refractivity contribution is 0.317. The summed E-state index contributed by atoms with van der Waals surface area (Å²) in [6, 6.07) is 8.12. The van der Waals surface area contributed by atoms with Crippen molar-refractivity contribution in [2.45, 2.75) is 25.8 Å². The number of hydrazine groups is 1. The van der Waals surface area contributed by atoms with E-state index in [-0.39, 0.29) is 6.04 Å². The van der Waals surface area contributed by atoms with Crippen molar-refractivity contribution < 1.29 is 4.74 Å². The van der Waals surface area contributed by atoms with Gasteiger partial charge in [-0.15, -0.1) is 6.58 Å². The van der Waals surface area contributed by atoms with E-state index in [1.165, 1.54) is 0 Å². The van der Waals surface area contributed by atoms with Crippen molar-refractivity contribution in [1.29, 1.82) is 0 Å².